The smallest absolute Gasteiger partial charge is 0.206 e. The molecule has 1 aliphatic carbocycles. The van der Waals surface area contributed by atoms with Crippen LogP contribution in [0.25, 0.3) is 0 Å². The predicted octanol–water partition coefficient (Wildman–Crippen LogP) is 2.44. The third-order valence-electron chi connectivity index (χ3n) is 7.32. The summed E-state index contributed by atoms with van der Waals surface area (Å²) in [4.78, 5) is 2.48. The number of phenols is 1. The van der Waals surface area contributed by atoms with Gasteiger partial charge in [-0.2, -0.15) is 0 Å². The standard InChI is InChI=1S/C20H27NO4/c1-4-20(23-9-10-24-20)18-19-7-8-21(3)14(12(19)2)11-13-5-6-15(22)17(25-18)16(13)19/h5-6,12,14,18,22H,4,7-11H2,1-3H3/t12?,14-,18-,19+/m1/s1. The summed E-state index contributed by atoms with van der Waals surface area (Å²) in [6.45, 7) is 6.70. The highest BCUT2D eigenvalue weighted by Gasteiger charge is 2.67. The van der Waals surface area contributed by atoms with E-state index in [1.165, 1.54) is 11.1 Å². The number of likely N-dealkylation sites (tertiary alicyclic amines) is 1. The maximum atomic E-state index is 10.5. The number of benzene rings is 1. The number of ether oxygens (including phenoxy) is 3. The number of aromatic hydroxyl groups is 1. The molecule has 1 aromatic rings. The molecule has 3 aliphatic heterocycles. The summed E-state index contributed by atoms with van der Waals surface area (Å²) >= 11 is 0. The van der Waals surface area contributed by atoms with Crippen LogP contribution in [0, 0.1) is 5.92 Å². The fourth-order valence-electron chi connectivity index (χ4n) is 6.02. The largest absolute Gasteiger partial charge is 0.504 e. The van der Waals surface area contributed by atoms with Crippen molar-refractivity contribution in [2.45, 2.75) is 56.5 Å². The van der Waals surface area contributed by atoms with Crippen LogP contribution >= 0.6 is 0 Å². The molecule has 5 rings (SSSR count). The van der Waals surface area contributed by atoms with E-state index in [-0.39, 0.29) is 17.3 Å². The van der Waals surface area contributed by atoms with Gasteiger partial charge in [-0.15, -0.1) is 0 Å². The zero-order valence-electron chi connectivity index (χ0n) is 15.2. The lowest BCUT2D eigenvalue weighted by molar-refractivity contribution is -0.236. The fraction of sp³-hybridized carbons (Fsp3) is 0.700. The summed E-state index contributed by atoms with van der Waals surface area (Å²) in [5.74, 6) is 0.621. The van der Waals surface area contributed by atoms with Gasteiger partial charge in [-0.05, 0) is 44.0 Å². The predicted molar refractivity (Wildman–Crippen MR) is 93.0 cm³/mol. The molecule has 25 heavy (non-hydrogen) atoms. The minimum Gasteiger partial charge on any atom is -0.504 e. The van der Waals surface area contributed by atoms with Gasteiger partial charge in [-0.3, -0.25) is 0 Å². The Morgan fingerprint density at radius 3 is 2.76 bits per heavy atom. The topological polar surface area (TPSA) is 51.2 Å². The van der Waals surface area contributed by atoms with Crippen LogP contribution in [0.2, 0.25) is 0 Å². The summed E-state index contributed by atoms with van der Waals surface area (Å²) in [5, 5.41) is 10.5. The highest BCUT2D eigenvalue weighted by molar-refractivity contribution is 5.60. The van der Waals surface area contributed by atoms with Gasteiger partial charge in [0.15, 0.2) is 17.6 Å². The van der Waals surface area contributed by atoms with Gasteiger partial charge < -0.3 is 24.2 Å². The number of rotatable bonds is 2. The highest BCUT2D eigenvalue weighted by atomic mass is 16.8. The molecule has 2 fully saturated rings. The van der Waals surface area contributed by atoms with Crippen molar-refractivity contribution in [1.82, 2.24) is 4.90 Å². The van der Waals surface area contributed by atoms with Crippen molar-refractivity contribution in [1.29, 1.82) is 0 Å². The third kappa shape index (κ3) is 1.79. The molecule has 2 saturated heterocycles. The first-order valence-electron chi connectivity index (χ1n) is 9.53. The maximum absolute atomic E-state index is 10.5. The average molecular weight is 345 g/mol. The summed E-state index contributed by atoms with van der Waals surface area (Å²) in [6, 6.07) is 4.35. The normalized spacial score (nSPS) is 38.4. The molecule has 1 spiro atoms. The Hall–Kier alpha value is -1.30. The van der Waals surface area contributed by atoms with Crippen molar-refractivity contribution in [2.75, 3.05) is 26.8 Å². The monoisotopic (exact) mass is 345 g/mol. The number of likely N-dealkylation sites (N-methyl/N-ethyl adjacent to an activating group) is 1. The lowest BCUT2D eigenvalue weighted by atomic mass is 9.55. The molecular formula is C20H27NO4. The Bertz CT molecular complexity index is 714. The molecule has 136 valence electrons. The van der Waals surface area contributed by atoms with Gasteiger partial charge in [0.2, 0.25) is 5.79 Å². The van der Waals surface area contributed by atoms with E-state index in [0.717, 1.165) is 25.8 Å². The van der Waals surface area contributed by atoms with Crippen molar-refractivity contribution < 1.29 is 19.3 Å². The summed E-state index contributed by atoms with van der Waals surface area (Å²) in [7, 11) is 2.23. The minimum atomic E-state index is -0.714. The second-order valence-electron chi connectivity index (χ2n) is 8.14. The second-order valence-corrected chi connectivity index (χ2v) is 8.14. The number of hydrogen-bond donors (Lipinski definition) is 1. The molecule has 0 saturated carbocycles. The Kier molecular flexibility index (Phi) is 3.26. The third-order valence-corrected chi connectivity index (χ3v) is 7.32. The van der Waals surface area contributed by atoms with Crippen LogP contribution in [0.4, 0.5) is 0 Å². The molecule has 5 nitrogen and oxygen atoms in total. The van der Waals surface area contributed by atoms with Crippen LogP contribution in [0.1, 0.15) is 37.8 Å². The van der Waals surface area contributed by atoms with E-state index in [2.05, 4.69) is 31.9 Å². The average Bonchev–Trinajstić information content (AvgIpc) is 3.21. The molecule has 0 radical (unpaired) electrons. The van der Waals surface area contributed by atoms with Crippen LogP contribution in [0.5, 0.6) is 11.5 Å². The molecule has 4 aliphatic rings. The number of phenolic OH excluding ortho intramolecular Hbond substituents is 1. The van der Waals surface area contributed by atoms with E-state index in [1.54, 1.807) is 6.07 Å². The SMILES string of the molecule is CCC1([C@@H]2Oc3c(O)ccc4c3[C@@]23CCN(C)[C@H](C4)C3C)OCCO1. The highest BCUT2D eigenvalue weighted by Crippen LogP contribution is 2.62. The van der Waals surface area contributed by atoms with Crippen LogP contribution in [-0.2, 0) is 21.3 Å². The van der Waals surface area contributed by atoms with Crippen LogP contribution in [-0.4, -0.2) is 54.7 Å². The van der Waals surface area contributed by atoms with Gasteiger partial charge >= 0.3 is 0 Å². The minimum absolute atomic E-state index is 0.154. The molecule has 2 bridgehead atoms. The van der Waals surface area contributed by atoms with E-state index < -0.39 is 5.79 Å². The summed E-state index contributed by atoms with van der Waals surface area (Å²) < 4.78 is 18.8. The molecule has 1 aromatic carbocycles. The van der Waals surface area contributed by atoms with E-state index in [1.807, 2.05) is 0 Å². The second kappa shape index (κ2) is 5.12. The van der Waals surface area contributed by atoms with Crippen molar-refractivity contribution in [2.24, 2.45) is 5.92 Å². The number of fused-ring (bicyclic) bond motifs is 1. The molecule has 0 amide bonds. The summed E-state index contributed by atoms with van der Waals surface area (Å²) in [6.07, 6.45) is 2.56. The Morgan fingerprint density at radius 2 is 2.04 bits per heavy atom. The summed E-state index contributed by atoms with van der Waals surface area (Å²) in [5.41, 5.74) is 2.38. The van der Waals surface area contributed by atoms with Crippen LogP contribution < -0.4 is 4.74 Å². The number of hydrogen-bond acceptors (Lipinski definition) is 5. The van der Waals surface area contributed by atoms with Gasteiger partial charge in [0, 0.05) is 23.4 Å². The van der Waals surface area contributed by atoms with Gasteiger partial charge in [-0.25, -0.2) is 0 Å². The number of nitrogens with zero attached hydrogens (tertiary/aromatic N) is 1. The Balaban J connectivity index is 1.75. The van der Waals surface area contributed by atoms with Crippen molar-refractivity contribution >= 4 is 0 Å². The van der Waals surface area contributed by atoms with Crippen molar-refractivity contribution in [3.8, 4) is 11.5 Å². The fourth-order valence-corrected chi connectivity index (χ4v) is 6.02. The van der Waals surface area contributed by atoms with E-state index in [4.69, 9.17) is 14.2 Å². The zero-order chi connectivity index (χ0) is 17.4. The van der Waals surface area contributed by atoms with Crippen LogP contribution in [0.3, 0.4) is 0 Å². The Morgan fingerprint density at radius 1 is 1.28 bits per heavy atom. The lowest BCUT2D eigenvalue weighted by Gasteiger charge is -2.56. The maximum Gasteiger partial charge on any atom is 0.206 e. The Labute approximate surface area is 148 Å². The zero-order valence-corrected chi connectivity index (χ0v) is 15.2. The quantitative estimate of drug-likeness (QED) is 0.892. The van der Waals surface area contributed by atoms with Crippen molar-refractivity contribution in [3.05, 3.63) is 23.3 Å². The molecule has 5 heteroatoms. The van der Waals surface area contributed by atoms with E-state index in [0.29, 0.717) is 30.9 Å². The van der Waals surface area contributed by atoms with Gasteiger partial charge in [0.05, 0.1) is 13.2 Å². The molecule has 0 aromatic heterocycles. The van der Waals surface area contributed by atoms with Gasteiger partial charge in [0.25, 0.3) is 0 Å². The first-order chi connectivity index (χ1) is 12.0. The van der Waals surface area contributed by atoms with E-state index >= 15 is 0 Å². The number of piperidine rings is 1. The molecule has 1 unspecified atom stereocenters. The van der Waals surface area contributed by atoms with Crippen molar-refractivity contribution in [3.63, 3.8) is 0 Å². The first kappa shape index (κ1) is 15.9. The van der Waals surface area contributed by atoms with Gasteiger partial charge in [-0.1, -0.05) is 19.9 Å². The first-order valence-corrected chi connectivity index (χ1v) is 9.53. The molecule has 1 N–H and O–H groups in total. The molecular weight excluding hydrogens is 318 g/mol. The van der Waals surface area contributed by atoms with Gasteiger partial charge in [0.1, 0.15) is 0 Å². The molecule has 3 heterocycles. The van der Waals surface area contributed by atoms with E-state index in [9.17, 15) is 5.11 Å². The lowest BCUT2D eigenvalue weighted by Crippen LogP contribution is -2.66. The van der Waals surface area contributed by atoms with Crippen LogP contribution in [0.15, 0.2) is 12.1 Å². The molecule has 4 atom stereocenters.